The van der Waals surface area contributed by atoms with Gasteiger partial charge >= 0.3 is 0 Å². The number of carbonyl (C=O) groups excluding carboxylic acids is 3. The van der Waals surface area contributed by atoms with Crippen molar-refractivity contribution in [3.05, 3.63) is 35.9 Å². The summed E-state index contributed by atoms with van der Waals surface area (Å²) in [6, 6.07) is 5.35. The third-order valence-electron chi connectivity index (χ3n) is 4.05. The monoisotopic (exact) mass is 400 g/mol. The van der Waals surface area contributed by atoms with Crippen molar-refractivity contribution in [1.29, 1.82) is 5.26 Å². The minimum Gasteiger partial charge on any atom is -0.508 e. The second kappa shape index (κ2) is 11.6. The van der Waals surface area contributed by atoms with Gasteiger partial charge < -0.3 is 21.5 Å². The van der Waals surface area contributed by atoms with Crippen LogP contribution in [-0.4, -0.2) is 40.8 Å². The zero-order valence-corrected chi connectivity index (χ0v) is 16.9. The molecule has 8 heteroatoms. The highest BCUT2D eigenvalue weighted by Crippen LogP contribution is 2.12. The average molecular weight is 400 g/mol. The minimum atomic E-state index is -1.01. The second-order valence-electron chi connectivity index (χ2n) is 7.24. The van der Waals surface area contributed by atoms with Crippen molar-refractivity contribution in [2.24, 2.45) is 11.7 Å². The molecule has 0 radical (unpaired) electrons. The lowest BCUT2D eigenvalue weighted by Crippen LogP contribution is -2.52. The Labute approximate surface area is 170 Å². The largest absolute Gasteiger partial charge is 0.508 e. The molecule has 0 bridgehead atoms. The number of nitrogens with two attached hydrogens (primary N) is 1. The molecule has 0 saturated heterocycles. The van der Waals surface area contributed by atoms with E-state index in [4.69, 9.17) is 11.0 Å². The van der Waals surface area contributed by atoms with E-state index >= 15 is 0 Å². The molecule has 0 fully saturated rings. The van der Waals surface area contributed by atoms with Crippen molar-refractivity contribution in [2.45, 2.75) is 51.7 Å². The Morgan fingerprint density at radius 1 is 1.14 bits per heavy atom. The molecule has 8 nitrogen and oxygen atoms in total. The van der Waals surface area contributed by atoms with Gasteiger partial charge in [0.1, 0.15) is 11.8 Å². The maximum atomic E-state index is 12.7. The Bertz CT molecular complexity index is 781. The fraction of sp³-hybridized carbons (Fsp3) is 0.429. The second-order valence-corrected chi connectivity index (χ2v) is 7.24. The molecule has 29 heavy (non-hydrogen) atoms. The fourth-order valence-corrected chi connectivity index (χ4v) is 2.65. The Morgan fingerprint density at radius 2 is 1.76 bits per heavy atom. The summed E-state index contributed by atoms with van der Waals surface area (Å²) < 4.78 is 0. The van der Waals surface area contributed by atoms with Crippen molar-refractivity contribution in [3.8, 4) is 11.8 Å². The highest BCUT2D eigenvalue weighted by molar-refractivity contribution is 6.00. The smallest absolute Gasteiger partial charge is 0.243 e. The number of aromatic hydroxyl groups is 1. The third-order valence-corrected chi connectivity index (χ3v) is 4.05. The number of carbonyl (C=O) groups is 3. The first-order chi connectivity index (χ1) is 13.6. The average Bonchev–Trinajstić information content (AvgIpc) is 2.65. The van der Waals surface area contributed by atoms with E-state index in [1.807, 2.05) is 19.9 Å². The number of hydrogen-bond acceptors (Lipinski definition) is 6. The maximum absolute atomic E-state index is 12.7. The van der Waals surface area contributed by atoms with Crippen molar-refractivity contribution in [3.63, 3.8) is 0 Å². The van der Waals surface area contributed by atoms with E-state index in [9.17, 15) is 19.5 Å². The van der Waals surface area contributed by atoms with Gasteiger partial charge in [0, 0.05) is 13.3 Å². The van der Waals surface area contributed by atoms with Gasteiger partial charge in [-0.25, -0.2) is 0 Å². The predicted molar refractivity (Wildman–Crippen MR) is 109 cm³/mol. The molecule has 3 atom stereocenters. The minimum absolute atomic E-state index is 0.0601. The molecular formula is C21H28N4O4. The molecule has 0 aromatic heterocycles. The van der Waals surface area contributed by atoms with Crippen LogP contribution in [0.3, 0.4) is 0 Å². The van der Waals surface area contributed by atoms with Gasteiger partial charge in [-0.15, -0.1) is 0 Å². The first kappa shape index (κ1) is 23.9. The predicted octanol–water partition coefficient (Wildman–Crippen LogP) is 1.25. The molecule has 1 aromatic carbocycles. The molecule has 0 saturated carbocycles. The molecule has 1 rings (SSSR count). The van der Waals surface area contributed by atoms with Crippen LogP contribution in [0.2, 0.25) is 0 Å². The molecule has 156 valence electrons. The van der Waals surface area contributed by atoms with E-state index in [2.05, 4.69) is 10.6 Å². The summed E-state index contributed by atoms with van der Waals surface area (Å²) in [5.74, 6) is -1.04. The van der Waals surface area contributed by atoms with Gasteiger partial charge in [0.2, 0.25) is 11.8 Å². The molecular weight excluding hydrogens is 372 g/mol. The van der Waals surface area contributed by atoms with Gasteiger partial charge in [-0.2, -0.15) is 5.26 Å². The maximum Gasteiger partial charge on any atom is 0.243 e. The van der Waals surface area contributed by atoms with Crippen LogP contribution in [-0.2, 0) is 14.4 Å². The lowest BCUT2D eigenvalue weighted by atomic mass is 10.00. The molecule has 2 amide bonds. The SMILES string of the molecule is CC(=O)N[C@@H](CC(C)C)C(=O)NC(CC(N)C#N)C(=O)/C=C/c1ccc(O)cc1. The summed E-state index contributed by atoms with van der Waals surface area (Å²) in [5.41, 5.74) is 6.34. The number of ketones is 1. The first-order valence-corrected chi connectivity index (χ1v) is 9.36. The van der Waals surface area contributed by atoms with Crippen LogP contribution in [0.5, 0.6) is 5.75 Å². The summed E-state index contributed by atoms with van der Waals surface area (Å²) in [4.78, 5) is 36.7. The topological polar surface area (TPSA) is 145 Å². The van der Waals surface area contributed by atoms with Gasteiger partial charge in [-0.1, -0.05) is 32.1 Å². The van der Waals surface area contributed by atoms with Crippen molar-refractivity contribution in [1.82, 2.24) is 10.6 Å². The van der Waals surface area contributed by atoms with Crippen LogP contribution < -0.4 is 16.4 Å². The number of nitriles is 1. The summed E-state index contributed by atoms with van der Waals surface area (Å²) in [7, 11) is 0. The normalized spacial score (nSPS) is 14.1. The fourth-order valence-electron chi connectivity index (χ4n) is 2.65. The Hall–Kier alpha value is -3.18. The number of benzene rings is 1. The molecule has 0 heterocycles. The van der Waals surface area contributed by atoms with Gasteiger partial charge in [-0.3, -0.25) is 14.4 Å². The summed E-state index contributed by atoms with van der Waals surface area (Å²) in [6.45, 7) is 5.14. The van der Waals surface area contributed by atoms with E-state index in [0.717, 1.165) is 0 Å². The molecule has 0 spiro atoms. The number of phenolic OH excluding ortho intramolecular Hbond substituents is 1. The van der Waals surface area contributed by atoms with Crippen molar-refractivity contribution in [2.75, 3.05) is 0 Å². The number of nitrogens with zero attached hydrogens (tertiary/aromatic N) is 1. The summed E-state index contributed by atoms with van der Waals surface area (Å²) in [5, 5.41) is 23.5. The Morgan fingerprint density at radius 3 is 2.28 bits per heavy atom. The number of amides is 2. The Kier molecular flexibility index (Phi) is 9.56. The van der Waals surface area contributed by atoms with Gasteiger partial charge in [0.15, 0.2) is 5.78 Å². The Balaban J connectivity index is 2.96. The van der Waals surface area contributed by atoms with Crippen LogP contribution in [0.15, 0.2) is 30.3 Å². The van der Waals surface area contributed by atoms with Gasteiger partial charge in [0.25, 0.3) is 0 Å². The molecule has 0 aliphatic carbocycles. The van der Waals surface area contributed by atoms with Gasteiger partial charge in [-0.05, 0) is 36.1 Å². The first-order valence-electron chi connectivity index (χ1n) is 9.36. The van der Waals surface area contributed by atoms with E-state index in [1.165, 1.54) is 31.2 Å². The van der Waals surface area contributed by atoms with E-state index in [1.54, 1.807) is 12.1 Å². The number of phenols is 1. The molecule has 1 aromatic rings. The van der Waals surface area contributed by atoms with Crippen LogP contribution >= 0.6 is 0 Å². The number of nitrogens with one attached hydrogen (secondary N) is 2. The zero-order valence-electron chi connectivity index (χ0n) is 16.9. The third kappa shape index (κ3) is 9.04. The van der Waals surface area contributed by atoms with Crippen LogP contribution in [0.1, 0.15) is 39.2 Å². The summed E-state index contributed by atoms with van der Waals surface area (Å²) >= 11 is 0. The molecule has 2 unspecified atom stereocenters. The molecule has 0 aliphatic heterocycles. The highest BCUT2D eigenvalue weighted by Gasteiger charge is 2.27. The zero-order chi connectivity index (χ0) is 22.0. The standard InChI is InChI=1S/C21H28N4O4/c1-13(2)10-19(24-14(3)26)21(29)25-18(11-16(23)12-22)20(28)9-6-15-4-7-17(27)8-5-15/h4-9,13,16,18-19,27H,10-11,23H2,1-3H3,(H,24,26)(H,25,29)/b9-6+/t16?,18?,19-/m0/s1. The lowest BCUT2D eigenvalue weighted by molar-refractivity contribution is -0.130. The number of hydrogen-bond donors (Lipinski definition) is 4. The van der Waals surface area contributed by atoms with Crippen LogP contribution in [0.4, 0.5) is 0 Å². The summed E-state index contributed by atoms with van der Waals surface area (Å²) in [6.07, 6.45) is 3.17. The van der Waals surface area contributed by atoms with Crippen LogP contribution in [0, 0.1) is 17.2 Å². The highest BCUT2D eigenvalue weighted by atomic mass is 16.3. The van der Waals surface area contributed by atoms with Crippen molar-refractivity contribution < 1.29 is 19.5 Å². The molecule has 0 aliphatic rings. The quantitative estimate of drug-likeness (QED) is 0.435. The van der Waals surface area contributed by atoms with Crippen LogP contribution in [0.25, 0.3) is 6.08 Å². The van der Waals surface area contributed by atoms with E-state index in [-0.39, 0.29) is 24.0 Å². The van der Waals surface area contributed by atoms with Gasteiger partial charge in [0.05, 0.1) is 18.2 Å². The van der Waals surface area contributed by atoms with E-state index in [0.29, 0.717) is 12.0 Å². The molecule has 5 N–H and O–H groups in total. The lowest BCUT2D eigenvalue weighted by Gasteiger charge is -2.23. The van der Waals surface area contributed by atoms with E-state index < -0.39 is 29.8 Å². The number of rotatable bonds is 10. The van der Waals surface area contributed by atoms with Crippen molar-refractivity contribution >= 4 is 23.7 Å².